The van der Waals surface area contributed by atoms with Crippen LogP contribution in [0.25, 0.3) is 0 Å². The zero-order valence-corrected chi connectivity index (χ0v) is 12.7. The summed E-state index contributed by atoms with van der Waals surface area (Å²) in [4.78, 5) is 1.27. The van der Waals surface area contributed by atoms with E-state index in [1.54, 1.807) is 30.2 Å². The van der Waals surface area contributed by atoms with Crippen LogP contribution >= 0.6 is 11.8 Å². The van der Waals surface area contributed by atoms with Gasteiger partial charge in [0.2, 0.25) is 0 Å². The van der Waals surface area contributed by atoms with Gasteiger partial charge in [0.05, 0.1) is 6.26 Å². The van der Waals surface area contributed by atoms with Gasteiger partial charge < -0.3 is 14.8 Å². The van der Waals surface area contributed by atoms with Crippen molar-refractivity contribution in [1.29, 1.82) is 0 Å². The summed E-state index contributed by atoms with van der Waals surface area (Å²) in [5.74, 6) is 0.628. The van der Waals surface area contributed by atoms with Crippen molar-refractivity contribution in [3.63, 3.8) is 0 Å². The monoisotopic (exact) mass is 291 g/mol. The molecule has 2 aromatic rings. The molecule has 20 heavy (non-hydrogen) atoms. The molecule has 1 heterocycles. The molecular weight excluding hydrogens is 270 g/mol. The Hall–Kier alpha value is -1.23. The maximum Gasteiger partial charge on any atom is 0.132 e. The quantitative estimate of drug-likeness (QED) is 0.765. The van der Waals surface area contributed by atoms with Crippen LogP contribution in [-0.2, 0) is 6.54 Å². The van der Waals surface area contributed by atoms with E-state index in [1.807, 2.05) is 0 Å². The van der Waals surface area contributed by atoms with Crippen molar-refractivity contribution < 1.29 is 9.52 Å². The third-order valence-corrected chi connectivity index (χ3v) is 4.01. The molecule has 2 unspecified atom stereocenters. The van der Waals surface area contributed by atoms with Crippen molar-refractivity contribution in [3.05, 3.63) is 54.0 Å². The number of rotatable bonds is 7. The summed E-state index contributed by atoms with van der Waals surface area (Å²) in [7, 11) is 0. The normalized spacial score (nSPS) is 14.2. The highest BCUT2D eigenvalue weighted by Crippen LogP contribution is 2.19. The summed E-state index contributed by atoms with van der Waals surface area (Å²) in [6.45, 7) is 2.88. The van der Waals surface area contributed by atoms with Crippen molar-refractivity contribution in [2.45, 2.75) is 36.9 Å². The lowest BCUT2D eigenvalue weighted by Crippen LogP contribution is -2.27. The second kappa shape index (κ2) is 7.53. The Bertz CT molecular complexity index is 496. The minimum absolute atomic E-state index is 0.218. The minimum atomic E-state index is -0.550. The largest absolute Gasteiger partial charge is 0.467 e. The molecule has 2 N–H and O–H groups in total. The van der Waals surface area contributed by atoms with Gasteiger partial charge in [-0.25, -0.2) is 0 Å². The molecule has 0 aliphatic heterocycles. The number of hydrogen-bond acceptors (Lipinski definition) is 4. The first kappa shape index (κ1) is 15.2. The van der Waals surface area contributed by atoms with E-state index < -0.39 is 6.10 Å². The molecular formula is C16H21NO2S. The number of benzene rings is 1. The average Bonchev–Trinajstić information content (AvgIpc) is 3.00. The van der Waals surface area contributed by atoms with Crippen LogP contribution in [0.3, 0.4) is 0 Å². The summed E-state index contributed by atoms with van der Waals surface area (Å²) in [5, 5.41) is 13.4. The van der Waals surface area contributed by atoms with Crippen molar-refractivity contribution in [2.24, 2.45) is 0 Å². The van der Waals surface area contributed by atoms with Crippen LogP contribution in [0, 0.1) is 0 Å². The number of hydrogen-bond donors (Lipinski definition) is 2. The molecule has 2 atom stereocenters. The molecule has 0 aliphatic carbocycles. The summed E-state index contributed by atoms with van der Waals surface area (Å²) in [6, 6.07) is 12.3. The van der Waals surface area contributed by atoms with Gasteiger partial charge in [-0.3, -0.25) is 0 Å². The van der Waals surface area contributed by atoms with E-state index in [9.17, 15) is 5.11 Å². The molecule has 0 saturated heterocycles. The van der Waals surface area contributed by atoms with Gasteiger partial charge in [-0.2, -0.15) is 0 Å². The summed E-state index contributed by atoms with van der Waals surface area (Å²) < 4.78 is 5.20. The molecule has 0 spiro atoms. The summed E-state index contributed by atoms with van der Waals surface area (Å²) in [6.07, 6.45) is 3.75. The first-order valence-electron chi connectivity index (χ1n) is 6.77. The number of nitrogens with one attached hydrogen (secondary N) is 1. The van der Waals surface area contributed by atoms with E-state index in [4.69, 9.17) is 4.42 Å². The zero-order chi connectivity index (χ0) is 14.4. The predicted molar refractivity (Wildman–Crippen MR) is 82.8 cm³/mol. The highest BCUT2D eigenvalue weighted by molar-refractivity contribution is 7.98. The van der Waals surface area contributed by atoms with Crippen LogP contribution in [0.4, 0.5) is 0 Å². The maximum absolute atomic E-state index is 10.0. The Morgan fingerprint density at radius 3 is 2.60 bits per heavy atom. The van der Waals surface area contributed by atoms with Gasteiger partial charge in [-0.05, 0) is 49.4 Å². The summed E-state index contributed by atoms with van der Waals surface area (Å²) >= 11 is 1.74. The van der Waals surface area contributed by atoms with Gasteiger partial charge >= 0.3 is 0 Å². The maximum atomic E-state index is 10.0. The molecule has 3 nitrogen and oxygen atoms in total. The van der Waals surface area contributed by atoms with Crippen molar-refractivity contribution in [2.75, 3.05) is 6.26 Å². The smallest absolute Gasteiger partial charge is 0.132 e. The zero-order valence-electron chi connectivity index (χ0n) is 11.9. The van der Waals surface area contributed by atoms with Crippen LogP contribution in [0.1, 0.15) is 30.8 Å². The van der Waals surface area contributed by atoms with Gasteiger partial charge in [0.15, 0.2) is 0 Å². The topological polar surface area (TPSA) is 45.4 Å². The van der Waals surface area contributed by atoms with Gasteiger partial charge in [-0.1, -0.05) is 12.1 Å². The van der Waals surface area contributed by atoms with E-state index in [1.165, 1.54) is 10.5 Å². The molecule has 2 rings (SSSR count). The summed E-state index contributed by atoms with van der Waals surface area (Å²) in [5.41, 5.74) is 1.25. The molecule has 0 fully saturated rings. The highest BCUT2D eigenvalue weighted by atomic mass is 32.2. The minimum Gasteiger partial charge on any atom is -0.467 e. The molecule has 0 amide bonds. The van der Waals surface area contributed by atoms with Gasteiger partial charge in [0, 0.05) is 17.5 Å². The second-order valence-electron chi connectivity index (χ2n) is 4.90. The Balaban J connectivity index is 1.78. The van der Waals surface area contributed by atoms with Crippen molar-refractivity contribution >= 4 is 11.8 Å². The fourth-order valence-corrected chi connectivity index (χ4v) is 2.46. The second-order valence-corrected chi connectivity index (χ2v) is 5.78. The molecule has 108 valence electrons. The van der Waals surface area contributed by atoms with Crippen LogP contribution in [-0.4, -0.2) is 17.4 Å². The molecule has 1 aromatic carbocycles. The SMILES string of the molecule is CSc1ccc(CNC(C)CC(O)c2ccco2)cc1. The molecule has 0 saturated carbocycles. The van der Waals surface area contributed by atoms with Gasteiger partial charge in [0.25, 0.3) is 0 Å². The lowest BCUT2D eigenvalue weighted by Gasteiger charge is -2.16. The Morgan fingerprint density at radius 1 is 1.25 bits per heavy atom. The Labute approximate surface area is 124 Å². The van der Waals surface area contributed by atoms with E-state index in [0.717, 1.165) is 6.54 Å². The van der Waals surface area contributed by atoms with E-state index in [0.29, 0.717) is 12.2 Å². The van der Waals surface area contributed by atoms with Gasteiger partial charge in [0.1, 0.15) is 11.9 Å². The first-order chi connectivity index (χ1) is 9.69. The number of thioether (sulfide) groups is 1. The predicted octanol–water partition coefficient (Wildman–Crippen LogP) is 3.60. The third-order valence-electron chi connectivity index (χ3n) is 3.26. The molecule has 0 aliphatic rings. The lowest BCUT2D eigenvalue weighted by atomic mass is 10.1. The molecule has 1 aromatic heterocycles. The fraction of sp³-hybridized carbons (Fsp3) is 0.375. The Kier molecular flexibility index (Phi) is 5.71. The first-order valence-corrected chi connectivity index (χ1v) is 7.99. The van der Waals surface area contributed by atoms with Gasteiger partial charge in [-0.15, -0.1) is 11.8 Å². The Morgan fingerprint density at radius 2 is 2.00 bits per heavy atom. The van der Waals surface area contributed by atoms with Crippen molar-refractivity contribution in [3.8, 4) is 0 Å². The molecule has 0 bridgehead atoms. The number of aliphatic hydroxyl groups excluding tert-OH is 1. The van der Waals surface area contributed by atoms with E-state index in [-0.39, 0.29) is 6.04 Å². The molecule has 4 heteroatoms. The number of furan rings is 1. The fourth-order valence-electron chi connectivity index (χ4n) is 2.05. The van der Waals surface area contributed by atoms with Crippen LogP contribution in [0.2, 0.25) is 0 Å². The van der Waals surface area contributed by atoms with Crippen LogP contribution in [0.5, 0.6) is 0 Å². The average molecular weight is 291 g/mol. The third kappa shape index (κ3) is 4.40. The van der Waals surface area contributed by atoms with E-state index in [2.05, 4.69) is 42.8 Å². The van der Waals surface area contributed by atoms with Crippen molar-refractivity contribution in [1.82, 2.24) is 5.32 Å². The number of aliphatic hydroxyl groups is 1. The van der Waals surface area contributed by atoms with E-state index >= 15 is 0 Å². The highest BCUT2D eigenvalue weighted by Gasteiger charge is 2.14. The van der Waals surface area contributed by atoms with Crippen LogP contribution < -0.4 is 5.32 Å². The molecule has 0 radical (unpaired) electrons. The van der Waals surface area contributed by atoms with Crippen LogP contribution in [0.15, 0.2) is 52.0 Å². The lowest BCUT2D eigenvalue weighted by molar-refractivity contribution is 0.128. The standard InChI is InChI=1S/C16H21NO2S/c1-12(10-15(18)16-4-3-9-19-16)17-11-13-5-7-14(20-2)8-6-13/h3-9,12,15,17-18H,10-11H2,1-2H3.